The van der Waals surface area contributed by atoms with Crippen LogP contribution < -0.4 is 10.6 Å². The van der Waals surface area contributed by atoms with Gasteiger partial charge in [0.25, 0.3) is 11.8 Å². The highest BCUT2D eigenvalue weighted by Crippen LogP contribution is 2.41. The van der Waals surface area contributed by atoms with Gasteiger partial charge in [-0.15, -0.1) is 0 Å². The lowest BCUT2D eigenvalue weighted by molar-refractivity contribution is 0.0959. The molecule has 3 aromatic rings. The van der Waals surface area contributed by atoms with Crippen LogP contribution in [0.1, 0.15) is 43.4 Å². The Morgan fingerprint density at radius 2 is 1.90 bits per heavy atom. The van der Waals surface area contributed by atoms with Gasteiger partial charge in [0, 0.05) is 37.4 Å². The topological polar surface area (TPSA) is 82.0 Å². The van der Waals surface area contributed by atoms with Gasteiger partial charge in [-0.2, -0.15) is 5.26 Å². The molecule has 1 aliphatic heterocycles. The van der Waals surface area contributed by atoms with Gasteiger partial charge in [-0.25, -0.2) is 8.78 Å². The quantitative estimate of drug-likeness (QED) is 0.507. The number of halogens is 4. The molecule has 5 nitrogen and oxygen atoms in total. The van der Waals surface area contributed by atoms with Gasteiger partial charge in [0.05, 0.1) is 17.7 Å². The van der Waals surface area contributed by atoms with Crippen molar-refractivity contribution in [2.45, 2.75) is 6.04 Å². The third-order valence-electron chi connectivity index (χ3n) is 4.76. The summed E-state index contributed by atoms with van der Waals surface area (Å²) in [7, 11) is 0. The van der Waals surface area contributed by atoms with Crippen LogP contribution in [0.4, 0.5) is 14.5 Å². The summed E-state index contributed by atoms with van der Waals surface area (Å²) in [6.07, 6.45) is 0. The van der Waals surface area contributed by atoms with E-state index < -0.39 is 29.5 Å². The van der Waals surface area contributed by atoms with Gasteiger partial charge in [-0.05, 0) is 48.5 Å². The Balaban J connectivity index is 1.80. The van der Waals surface area contributed by atoms with Crippen molar-refractivity contribution in [2.75, 3.05) is 5.32 Å². The molecule has 1 atom stereocenters. The molecule has 0 saturated carbocycles. The molecule has 0 aliphatic carbocycles. The second kappa shape index (κ2) is 8.10. The van der Waals surface area contributed by atoms with Crippen molar-refractivity contribution in [3.05, 3.63) is 97.5 Å². The molecule has 0 saturated heterocycles. The lowest BCUT2D eigenvalue weighted by atomic mass is 9.96. The van der Waals surface area contributed by atoms with Gasteiger partial charge in [-0.3, -0.25) is 9.59 Å². The van der Waals surface area contributed by atoms with Gasteiger partial charge in [0.2, 0.25) is 0 Å². The highest BCUT2D eigenvalue weighted by Gasteiger charge is 2.34. The van der Waals surface area contributed by atoms with E-state index in [0.717, 1.165) is 12.1 Å². The smallest absolute Gasteiger partial charge is 0.255 e. The maximum absolute atomic E-state index is 13.9. The summed E-state index contributed by atoms with van der Waals surface area (Å²) in [5, 5.41) is 14.7. The van der Waals surface area contributed by atoms with Crippen LogP contribution in [-0.2, 0) is 0 Å². The average molecular weight is 503 g/mol. The predicted molar refractivity (Wildman–Crippen MR) is 114 cm³/mol. The summed E-state index contributed by atoms with van der Waals surface area (Å²) in [4.78, 5) is 25.4. The highest BCUT2D eigenvalue weighted by atomic mass is 79.9. The van der Waals surface area contributed by atoms with Crippen LogP contribution in [0.3, 0.4) is 0 Å². The highest BCUT2D eigenvalue weighted by molar-refractivity contribution is 9.10. The maximum Gasteiger partial charge on any atom is 0.255 e. The Morgan fingerprint density at radius 1 is 1.13 bits per heavy atom. The van der Waals surface area contributed by atoms with Crippen LogP contribution in [-0.4, -0.2) is 11.8 Å². The zero-order valence-electron chi connectivity index (χ0n) is 15.5. The number of nitrogens with one attached hydrogen (secondary N) is 2. The van der Waals surface area contributed by atoms with Crippen molar-refractivity contribution in [1.29, 1.82) is 5.26 Å². The molecule has 0 spiro atoms. The van der Waals surface area contributed by atoms with Crippen molar-refractivity contribution in [1.82, 2.24) is 5.32 Å². The molecule has 4 rings (SSSR count). The molecule has 154 valence electrons. The average Bonchev–Trinajstić information content (AvgIpc) is 3.05. The molecular weight excluding hydrogens is 492 g/mol. The van der Waals surface area contributed by atoms with E-state index in [1.807, 2.05) is 0 Å². The number of carbonyl (C=O) groups excluding carboxylic acids is 2. The van der Waals surface area contributed by atoms with Gasteiger partial charge < -0.3 is 10.6 Å². The Hall–Kier alpha value is -3.28. The summed E-state index contributed by atoms with van der Waals surface area (Å²) in [6, 6.07) is 11.2. The van der Waals surface area contributed by atoms with Crippen molar-refractivity contribution in [3.8, 4) is 6.07 Å². The zero-order valence-corrected chi connectivity index (χ0v) is 17.8. The van der Waals surface area contributed by atoms with E-state index in [-0.39, 0.29) is 27.4 Å². The van der Waals surface area contributed by atoms with E-state index in [1.165, 1.54) is 24.3 Å². The summed E-state index contributed by atoms with van der Waals surface area (Å²) in [5.74, 6) is -2.37. The minimum absolute atomic E-state index is 0.00844. The number of hydrogen-bond acceptors (Lipinski definition) is 3. The number of benzene rings is 3. The summed E-state index contributed by atoms with van der Waals surface area (Å²) in [5.41, 5.74) is 1.16. The van der Waals surface area contributed by atoms with Crippen molar-refractivity contribution in [2.24, 2.45) is 0 Å². The van der Waals surface area contributed by atoms with Crippen molar-refractivity contribution in [3.63, 3.8) is 0 Å². The fourth-order valence-corrected chi connectivity index (χ4v) is 4.13. The number of anilines is 1. The Labute approximate surface area is 188 Å². The second-order valence-corrected chi connectivity index (χ2v) is 8.10. The first-order valence-electron chi connectivity index (χ1n) is 8.88. The summed E-state index contributed by atoms with van der Waals surface area (Å²) in [6.45, 7) is 0. The molecule has 2 amide bonds. The molecule has 0 radical (unpaired) electrons. The Morgan fingerprint density at radius 3 is 2.65 bits per heavy atom. The molecule has 9 heteroatoms. The van der Waals surface area contributed by atoms with Crippen LogP contribution in [0.2, 0.25) is 5.02 Å². The number of fused-ring (bicyclic) bond motifs is 1. The van der Waals surface area contributed by atoms with Gasteiger partial charge in [-0.1, -0.05) is 27.5 Å². The lowest BCUT2D eigenvalue weighted by Crippen LogP contribution is -2.21. The largest absolute Gasteiger partial charge is 0.341 e. The number of rotatable bonds is 3. The summed E-state index contributed by atoms with van der Waals surface area (Å²) >= 11 is 9.55. The van der Waals surface area contributed by atoms with Crippen LogP contribution in [0.25, 0.3) is 0 Å². The van der Waals surface area contributed by atoms with E-state index in [1.54, 1.807) is 18.2 Å². The van der Waals surface area contributed by atoms with Crippen molar-refractivity contribution < 1.29 is 18.4 Å². The second-order valence-electron chi connectivity index (χ2n) is 6.78. The predicted octanol–water partition coefficient (Wildman–Crippen LogP) is 5.34. The normalized spacial score (nSPS) is 14.5. The van der Waals surface area contributed by atoms with Crippen LogP contribution >= 0.6 is 27.5 Å². The standard InChI is InChI=1S/C22H11BrClF2N3O2/c23-12-6-16-19(20(29-22(16)31)15-8-13(25)1-2-17(15)24)18(7-12)28-21(30)11-3-10(9-27)4-14(26)5-11/h1-8,20H,(H,28,30)(H,29,31). The van der Waals surface area contributed by atoms with Crippen LogP contribution in [0.5, 0.6) is 0 Å². The van der Waals surface area contributed by atoms with E-state index >= 15 is 0 Å². The molecule has 31 heavy (non-hydrogen) atoms. The molecule has 3 aromatic carbocycles. The Kier molecular flexibility index (Phi) is 5.48. The molecule has 2 N–H and O–H groups in total. The molecule has 0 fully saturated rings. The van der Waals surface area contributed by atoms with Crippen molar-refractivity contribution >= 4 is 45.0 Å². The third-order valence-corrected chi connectivity index (χ3v) is 5.56. The lowest BCUT2D eigenvalue weighted by Gasteiger charge is -2.18. The van der Waals surface area contributed by atoms with Gasteiger partial charge in [0.15, 0.2) is 0 Å². The number of hydrogen-bond donors (Lipinski definition) is 2. The number of carbonyl (C=O) groups is 2. The maximum atomic E-state index is 13.9. The Bertz CT molecular complexity index is 1310. The fourth-order valence-electron chi connectivity index (χ4n) is 3.45. The molecular formula is C22H11BrClF2N3O2. The first-order valence-corrected chi connectivity index (χ1v) is 10.0. The number of nitrogens with zero attached hydrogens (tertiary/aromatic N) is 1. The van der Waals surface area contributed by atoms with Gasteiger partial charge in [0.1, 0.15) is 11.6 Å². The van der Waals surface area contributed by atoms with E-state index in [2.05, 4.69) is 26.6 Å². The molecule has 0 aromatic heterocycles. The van der Waals surface area contributed by atoms with E-state index in [0.29, 0.717) is 15.6 Å². The monoisotopic (exact) mass is 501 g/mol. The first-order chi connectivity index (χ1) is 14.8. The number of nitriles is 1. The first kappa shape index (κ1) is 21.0. The fraction of sp³-hybridized carbons (Fsp3) is 0.0455. The van der Waals surface area contributed by atoms with E-state index in [4.69, 9.17) is 16.9 Å². The third kappa shape index (κ3) is 4.02. The zero-order chi connectivity index (χ0) is 22.3. The van der Waals surface area contributed by atoms with Crippen LogP contribution in [0, 0.1) is 23.0 Å². The molecule has 1 heterocycles. The minimum Gasteiger partial charge on any atom is -0.341 e. The number of amides is 2. The van der Waals surface area contributed by atoms with Gasteiger partial charge >= 0.3 is 0 Å². The molecule has 1 aliphatic rings. The summed E-state index contributed by atoms with van der Waals surface area (Å²) < 4.78 is 28.2. The minimum atomic E-state index is -0.809. The SMILES string of the molecule is N#Cc1cc(F)cc(C(=O)Nc2cc(Br)cc3c2C(c2cc(F)ccc2Cl)NC3=O)c1. The van der Waals surface area contributed by atoms with Crippen LogP contribution in [0.15, 0.2) is 53.0 Å². The molecule has 0 bridgehead atoms. The molecule has 1 unspecified atom stereocenters. The van der Waals surface area contributed by atoms with E-state index in [9.17, 15) is 18.4 Å².